The second-order valence-electron chi connectivity index (χ2n) is 7.04. The molecule has 0 fully saturated rings. The molecule has 0 N–H and O–H groups in total. The Morgan fingerprint density at radius 3 is 1.12 bits per heavy atom. The van der Waals surface area contributed by atoms with Gasteiger partial charge in [0.15, 0.2) is 0 Å². The van der Waals surface area contributed by atoms with E-state index in [2.05, 4.69) is 31.7 Å². The number of rotatable bonds is 2. The van der Waals surface area contributed by atoms with E-state index < -0.39 is 0 Å². The van der Waals surface area contributed by atoms with Crippen LogP contribution in [0, 0.1) is 0 Å². The van der Waals surface area contributed by atoms with E-state index in [0.29, 0.717) is 0 Å². The fourth-order valence-corrected chi connectivity index (χ4v) is 3.14. The van der Waals surface area contributed by atoms with Crippen LogP contribution in [0.2, 0.25) is 0 Å². The average molecular weight is 326 g/mol. The van der Waals surface area contributed by atoms with Gasteiger partial charge in [0.2, 0.25) is 0 Å². The average Bonchev–Trinajstić information content (AvgIpc) is 3.02. The lowest BCUT2D eigenvalue weighted by Crippen LogP contribution is -2.32. The monoisotopic (exact) mass is 326 g/mol. The SMILES string of the molecule is CN(C)C1=NC(N(C)C)=c2cc3c(cc21)=C(N(C)C)N=C3N(C)C. The second kappa shape index (κ2) is 5.54. The van der Waals surface area contributed by atoms with Gasteiger partial charge in [-0.25, -0.2) is 9.98 Å². The zero-order valence-electron chi connectivity index (χ0n) is 15.8. The maximum Gasteiger partial charge on any atom is 0.138 e. The van der Waals surface area contributed by atoms with Crippen molar-refractivity contribution in [3.05, 3.63) is 33.7 Å². The van der Waals surface area contributed by atoms with E-state index in [-0.39, 0.29) is 0 Å². The van der Waals surface area contributed by atoms with Crippen molar-refractivity contribution in [1.29, 1.82) is 0 Å². The topological polar surface area (TPSA) is 37.7 Å². The smallest absolute Gasteiger partial charge is 0.138 e. The van der Waals surface area contributed by atoms with Crippen LogP contribution in [0.15, 0.2) is 22.1 Å². The molecule has 0 radical (unpaired) electrons. The van der Waals surface area contributed by atoms with Gasteiger partial charge in [-0.15, -0.1) is 0 Å². The van der Waals surface area contributed by atoms with E-state index in [0.717, 1.165) is 44.9 Å². The molecular formula is C18H26N6. The highest BCUT2D eigenvalue weighted by Crippen LogP contribution is 2.18. The molecule has 128 valence electrons. The summed E-state index contributed by atoms with van der Waals surface area (Å²) in [6.07, 6.45) is 0. The molecule has 0 spiro atoms. The summed E-state index contributed by atoms with van der Waals surface area (Å²) in [4.78, 5) is 18.0. The summed E-state index contributed by atoms with van der Waals surface area (Å²) >= 11 is 0. The molecule has 0 atom stereocenters. The Morgan fingerprint density at radius 1 is 0.542 bits per heavy atom. The Bertz CT molecular complexity index is 798. The number of nitrogens with zero attached hydrogens (tertiary/aromatic N) is 6. The Kier molecular flexibility index (Phi) is 3.78. The van der Waals surface area contributed by atoms with Gasteiger partial charge >= 0.3 is 0 Å². The van der Waals surface area contributed by atoms with Gasteiger partial charge in [-0.3, -0.25) is 0 Å². The molecule has 0 saturated heterocycles. The molecule has 1 aromatic carbocycles. The van der Waals surface area contributed by atoms with Gasteiger partial charge in [-0.1, -0.05) is 0 Å². The molecule has 0 aliphatic carbocycles. The van der Waals surface area contributed by atoms with E-state index >= 15 is 0 Å². The third-order valence-corrected chi connectivity index (χ3v) is 4.24. The van der Waals surface area contributed by atoms with Crippen molar-refractivity contribution >= 4 is 23.3 Å². The molecule has 0 aromatic heterocycles. The summed E-state index contributed by atoms with van der Waals surface area (Å²) in [5.74, 6) is 3.97. The summed E-state index contributed by atoms with van der Waals surface area (Å²) in [7, 11) is 16.3. The Labute approximate surface area is 143 Å². The van der Waals surface area contributed by atoms with E-state index in [4.69, 9.17) is 9.98 Å². The standard InChI is InChI=1S/C18H26N6/c1-21(2)15-11-9-13-14(10-12(11)16(19-15)22(3)4)18(24(7)8)20-17(13)23(5)6/h9-10H,1-8H3. The highest BCUT2D eigenvalue weighted by atomic mass is 15.2. The van der Waals surface area contributed by atoms with Crippen LogP contribution in [-0.2, 0) is 0 Å². The first-order chi connectivity index (χ1) is 11.2. The van der Waals surface area contributed by atoms with Crippen molar-refractivity contribution in [3.8, 4) is 0 Å². The van der Waals surface area contributed by atoms with Gasteiger partial charge in [0.1, 0.15) is 23.3 Å². The number of hydrogen-bond donors (Lipinski definition) is 0. The minimum absolute atomic E-state index is 0.993. The minimum atomic E-state index is 0.993. The summed E-state index contributed by atoms with van der Waals surface area (Å²) in [5.41, 5.74) is 2.33. The van der Waals surface area contributed by atoms with E-state index in [1.165, 1.54) is 0 Å². The van der Waals surface area contributed by atoms with Crippen molar-refractivity contribution in [3.63, 3.8) is 0 Å². The van der Waals surface area contributed by atoms with E-state index in [9.17, 15) is 0 Å². The van der Waals surface area contributed by atoms with Gasteiger partial charge < -0.3 is 19.6 Å². The van der Waals surface area contributed by atoms with Crippen molar-refractivity contribution < 1.29 is 0 Å². The van der Waals surface area contributed by atoms with Crippen LogP contribution in [-0.4, -0.2) is 87.7 Å². The van der Waals surface area contributed by atoms with Crippen LogP contribution >= 0.6 is 0 Å². The number of fused-ring (bicyclic) bond motifs is 2. The molecule has 2 heterocycles. The predicted molar refractivity (Wildman–Crippen MR) is 100 cm³/mol. The first-order valence-electron chi connectivity index (χ1n) is 8.02. The lowest BCUT2D eigenvalue weighted by Gasteiger charge is -2.14. The predicted octanol–water partition coefficient (Wildman–Crippen LogP) is -0.415. The molecule has 1 aromatic rings. The summed E-state index contributed by atoms with van der Waals surface area (Å²) < 4.78 is 0. The molecule has 3 rings (SSSR count). The van der Waals surface area contributed by atoms with E-state index in [1.807, 2.05) is 56.4 Å². The van der Waals surface area contributed by atoms with Crippen LogP contribution in [0.3, 0.4) is 0 Å². The lowest BCUT2D eigenvalue weighted by molar-refractivity contribution is 0.573. The Hall–Kier alpha value is -2.50. The molecule has 0 unspecified atom stereocenters. The Morgan fingerprint density at radius 2 is 0.875 bits per heavy atom. The Balaban J connectivity index is 2.36. The van der Waals surface area contributed by atoms with Crippen LogP contribution < -0.4 is 10.4 Å². The molecule has 0 saturated carbocycles. The van der Waals surface area contributed by atoms with Gasteiger partial charge in [0.25, 0.3) is 0 Å². The number of hydrogen-bond acceptors (Lipinski definition) is 6. The molecule has 0 bridgehead atoms. The fraction of sp³-hybridized carbons (Fsp3) is 0.444. The first-order valence-corrected chi connectivity index (χ1v) is 8.02. The second-order valence-corrected chi connectivity index (χ2v) is 7.04. The zero-order chi connectivity index (χ0) is 17.8. The normalized spacial score (nSPS) is 15.0. The third-order valence-electron chi connectivity index (χ3n) is 4.24. The molecule has 24 heavy (non-hydrogen) atoms. The largest absolute Gasteiger partial charge is 0.362 e. The minimum Gasteiger partial charge on any atom is -0.362 e. The van der Waals surface area contributed by atoms with Crippen molar-refractivity contribution in [1.82, 2.24) is 19.6 Å². The van der Waals surface area contributed by atoms with Crippen LogP contribution in [0.25, 0.3) is 11.6 Å². The zero-order valence-corrected chi connectivity index (χ0v) is 15.8. The molecule has 2 aliphatic heterocycles. The number of amidine groups is 2. The van der Waals surface area contributed by atoms with Gasteiger partial charge in [0, 0.05) is 77.9 Å². The van der Waals surface area contributed by atoms with Crippen LogP contribution in [0.4, 0.5) is 0 Å². The van der Waals surface area contributed by atoms with Crippen molar-refractivity contribution in [2.45, 2.75) is 0 Å². The van der Waals surface area contributed by atoms with Gasteiger partial charge in [-0.05, 0) is 12.1 Å². The molecule has 2 aliphatic rings. The molecule has 0 amide bonds. The van der Waals surface area contributed by atoms with Crippen LogP contribution in [0.5, 0.6) is 0 Å². The van der Waals surface area contributed by atoms with Crippen molar-refractivity contribution in [2.24, 2.45) is 9.98 Å². The highest BCUT2D eigenvalue weighted by Gasteiger charge is 2.25. The summed E-state index contributed by atoms with van der Waals surface area (Å²) in [6.45, 7) is 0. The highest BCUT2D eigenvalue weighted by molar-refractivity contribution is 6.08. The van der Waals surface area contributed by atoms with Gasteiger partial charge in [0.05, 0.1) is 0 Å². The fourth-order valence-electron chi connectivity index (χ4n) is 3.14. The number of benzene rings is 1. The summed E-state index contributed by atoms with van der Waals surface area (Å²) in [6, 6.07) is 4.46. The van der Waals surface area contributed by atoms with Crippen molar-refractivity contribution in [2.75, 3.05) is 56.4 Å². The van der Waals surface area contributed by atoms with Crippen LogP contribution in [0.1, 0.15) is 11.1 Å². The first kappa shape index (κ1) is 16.4. The molecule has 6 nitrogen and oxygen atoms in total. The summed E-state index contributed by atoms with van der Waals surface area (Å²) in [5, 5.41) is 2.33. The molecular weight excluding hydrogens is 300 g/mol. The lowest BCUT2D eigenvalue weighted by atomic mass is 10.0. The maximum atomic E-state index is 4.84. The third kappa shape index (κ3) is 2.33. The number of aliphatic imine (C=N–C) groups is 2. The quantitative estimate of drug-likeness (QED) is 0.740. The van der Waals surface area contributed by atoms with E-state index in [1.54, 1.807) is 0 Å². The molecule has 6 heteroatoms. The maximum absolute atomic E-state index is 4.84. The van der Waals surface area contributed by atoms with Gasteiger partial charge in [-0.2, -0.15) is 0 Å².